The van der Waals surface area contributed by atoms with Crippen LogP contribution in [0.15, 0.2) is 23.0 Å². The van der Waals surface area contributed by atoms with Crippen molar-refractivity contribution in [3.63, 3.8) is 0 Å². The monoisotopic (exact) mass is 468 g/mol. The third kappa shape index (κ3) is 6.38. The smallest absolute Gasteiger partial charge is 0.273 e. The zero-order valence-corrected chi connectivity index (χ0v) is 20.9. The van der Waals surface area contributed by atoms with Gasteiger partial charge in [0.1, 0.15) is 10.7 Å². The Morgan fingerprint density at radius 1 is 1.00 bits per heavy atom. The Balaban J connectivity index is 1.81. The first-order valence-corrected chi connectivity index (χ1v) is 13.1. The second-order valence-electron chi connectivity index (χ2n) is 9.18. The average molecular weight is 469 g/mol. The number of H-pyrrole nitrogens is 1. The van der Waals surface area contributed by atoms with Gasteiger partial charge in [-0.1, -0.05) is 96.1 Å². The Hall–Kier alpha value is -2.32. The largest absolute Gasteiger partial charge is 0.349 e. The molecule has 1 unspecified atom stereocenters. The van der Waals surface area contributed by atoms with Gasteiger partial charge in [0.25, 0.3) is 5.56 Å². The van der Waals surface area contributed by atoms with Crippen molar-refractivity contribution in [1.82, 2.24) is 14.5 Å². The van der Waals surface area contributed by atoms with Crippen molar-refractivity contribution in [2.24, 2.45) is 0 Å². The molecule has 178 valence electrons. The van der Waals surface area contributed by atoms with Crippen LogP contribution in [-0.4, -0.2) is 14.5 Å². The number of hydrogen-bond acceptors (Lipinski definition) is 3. The molecule has 33 heavy (non-hydrogen) atoms. The van der Waals surface area contributed by atoms with E-state index >= 15 is 0 Å². The van der Waals surface area contributed by atoms with E-state index in [0.29, 0.717) is 22.6 Å². The molecule has 0 bridgehead atoms. The number of halogens is 1. The van der Waals surface area contributed by atoms with Crippen LogP contribution < -0.4 is 5.56 Å². The highest BCUT2D eigenvalue weighted by Gasteiger charge is 2.27. The van der Waals surface area contributed by atoms with Gasteiger partial charge in [0.05, 0.1) is 22.7 Å². The molecule has 0 fully saturated rings. The topological polar surface area (TPSA) is 74.5 Å². The summed E-state index contributed by atoms with van der Waals surface area (Å²) in [4.78, 5) is 21.3. The SMILES string of the molecule is CCCCCCCCCCC(CCCCC)n1c2nc3ccc(C#N)cc3[nH]c-2c(Cl)c1=O. The number of rotatable bonds is 14. The van der Waals surface area contributed by atoms with Gasteiger partial charge in [-0.05, 0) is 31.0 Å². The van der Waals surface area contributed by atoms with E-state index in [9.17, 15) is 10.1 Å². The van der Waals surface area contributed by atoms with Crippen LogP contribution in [0.2, 0.25) is 5.02 Å². The Morgan fingerprint density at radius 2 is 1.61 bits per heavy atom. The molecular weight excluding hydrogens is 432 g/mol. The molecular formula is C27H37ClN4O. The van der Waals surface area contributed by atoms with Gasteiger partial charge in [-0.15, -0.1) is 0 Å². The van der Waals surface area contributed by atoms with Gasteiger partial charge in [0.2, 0.25) is 0 Å². The molecule has 0 spiro atoms. The van der Waals surface area contributed by atoms with Gasteiger partial charge in [-0.25, -0.2) is 4.98 Å². The zero-order valence-electron chi connectivity index (χ0n) is 20.1. The minimum absolute atomic E-state index is 0.107. The summed E-state index contributed by atoms with van der Waals surface area (Å²) in [5.74, 6) is 0.628. The normalized spacial score (nSPS) is 12.4. The van der Waals surface area contributed by atoms with Crippen LogP contribution in [0.4, 0.5) is 0 Å². The molecule has 0 radical (unpaired) electrons. The van der Waals surface area contributed by atoms with E-state index in [4.69, 9.17) is 16.6 Å². The summed E-state index contributed by atoms with van der Waals surface area (Å²) in [6.45, 7) is 4.45. The van der Waals surface area contributed by atoms with Gasteiger partial charge in [-0.2, -0.15) is 5.26 Å². The van der Waals surface area contributed by atoms with Crippen LogP contribution in [0.5, 0.6) is 0 Å². The molecule has 1 aromatic rings. The van der Waals surface area contributed by atoms with Gasteiger partial charge in [0, 0.05) is 6.04 Å². The molecule has 2 aliphatic heterocycles. The van der Waals surface area contributed by atoms with Crippen LogP contribution >= 0.6 is 11.6 Å². The second kappa shape index (κ2) is 12.8. The Labute approximate surface area is 202 Å². The highest BCUT2D eigenvalue weighted by molar-refractivity contribution is 6.33. The molecule has 2 aliphatic rings. The average Bonchev–Trinajstić information content (AvgIpc) is 3.07. The van der Waals surface area contributed by atoms with Crippen LogP contribution in [0.3, 0.4) is 0 Å². The lowest BCUT2D eigenvalue weighted by Crippen LogP contribution is -2.22. The van der Waals surface area contributed by atoms with Crippen molar-refractivity contribution in [2.75, 3.05) is 0 Å². The van der Waals surface area contributed by atoms with Crippen molar-refractivity contribution < 1.29 is 0 Å². The second-order valence-corrected chi connectivity index (χ2v) is 9.56. The number of hydrogen-bond donors (Lipinski definition) is 1. The minimum Gasteiger partial charge on any atom is -0.349 e. The number of unbranched alkanes of at least 4 members (excludes halogenated alkanes) is 9. The first-order chi connectivity index (χ1) is 16.1. The van der Waals surface area contributed by atoms with Crippen LogP contribution in [0.25, 0.3) is 22.6 Å². The van der Waals surface area contributed by atoms with Gasteiger partial charge >= 0.3 is 0 Å². The van der Waals surface area contributed by atoms with Gasteiger partial charge < -0.3 is 4.98 Å². The highest BCUT2D eigenvalue weighted by Crippen LogP contribution is 2.33. The lowest BCUT2D eigenvalue weighted by molar-refractivity contribution is 0.392. The quantitative estimate of drug-likeness (QED) is 0.243. The first-order valence-electron chi connectivity index (χ1n) is 12.7. The highest BCUT2D eigenvalue weighted by atomic mass is 35.5. The predicted molar refractivity (Wildman–Crippen MR) is 137 cm³/mol. The molecule has 1 atom stereocenters. The number of nitrogens with one attached hydrogen (secondary N) is 1. The fourth-order valence-corrected chi connectivity index (χ4v) is 4.91. The number of aromatic amines is 1. The summed E-state index contributed by atoms with van der Waals surface area (Å²) >= 11 is 6.50. The molecule has 2 heterocycles. The molecule has 0 saturated heterocycles. The molecule has 0 amide bonds. The number of fused-ring (bicyclic) bond motifs is 2. The van der Waals surface area contributed by atoms with Gasteiger partial charge in [-0.3, -0.25) is 9.36 Å². The minimum atomic E-state index is -0.160. The van der Waals surface area contributed by atoms with E-state index in [1.54, 1.807) is 12.1 Å². The summed E-state index contributed by atoms with van der Waals surface area (Å²) < 4.78 is 1.84. The lowest BCUT2D eigenvalue weighted by Gasteiger charge is -2.20. The molecule has 0 saturated carbocycles. The van der Waals surface area contributed by atoms with E-state index in [-0.39, 0.29) is 16.6 Å². The summed E-state index contributed by atoms with van der Waals surface area (Å²) in [5.41, 5.74) is 2.40. The standard InChI is InChI=1S/C27H37ClN4O/c1-3-5-7-8-9-10-11-13-15-21(14-12-6-4-2)32-26-25(24(28)27(32)33)30-23-18-20(19-29)16-17-22(23)31-26/h16-18,21,30H,3-15H2,1-2H3. The van der Waals surface area contributed by atoms with Gasteiger partial charge in [0.15, 0.2) is 5.82 Å². The summed E-state index contributed by atoms with van der Waals surface area (Å²) in [5, 5.41) is 9.39. The maximum atomic E-state index is 13.2. The summed E-state index contributed by atoms with van der Waals surface area (Å²) in [6.07, 6.45) is 15.5. The van der Waals surface area contributed by atoms with Crippen molar-refractivity contribution in [1.29, 1.82) is 5.26 Å². The van der Waals surface area contributed by atoms with Crippen LogP contribution in [-0.2, 0) is 0 Å². The van der Waals surface area contributed by atoms with E-state index in [2.05, 4.69) is 24.9 Å². The van der Waals surface area contributed by atoms with E-state index in [1.165, 1.54) is 44.9 Å². The van der Waals surface area contributed by atoms with E-state index in [0.717, 1.165) is 44.0 Å². The van der Waals surface area contributed by atoms with E-state index in [1.807, 2.05) is 10.6 Å². The maximum Gasteiger partial charge on any atom is 0.273 e. The molecule has 3 rings (SSSR count). The number of aromatic nitrogens is 3. The number of nitriles is 1. The fraction of sp³-hybridized carbons (Fsp3) is 0.593. The number of nitrogens with zero attached hydrogens (tertiary/aromatic N) is 3. The molecule has 0 aromatic heterocycles. The van der Waals surface area contributed by atoms with Crippen molar-refractivity contribution in [3.05, 3.63) is 39.1 Å². The molecule has 5 nitrogen and oxygen atoms in total. The van der Waals surface area contributed by atoms with E-state index < -0.39 is 0 Å². The van der Waals surface area contributed by atoms with Crippen molar-refractivity contribution >= 4 is 22.6 Å². The maximum absolute atomic E-state index is 13.2. The molecule has 1 aromatic carbocycles. The molecule has 1 N–H and O–H groups in total. The Morgan fingerprint density at radius 3 is 2.27 bits per heavy atom. The van der Waals surface area contributed by atoms with Crippen molar-refractivity contribution in [2.45, 2.75) is 103 Å². The third-order valence-corrected chi connectivity index (χ3v) is 6.94. The summed E-state index contributed by atoms with van der Waals surface area (Å²) in [7, 11) is 0. The molecule has 0 aliphatic carbocycles. The summed E-state index contributed by atoms with van der Waals surface area (Å²) in [6, 6.07) is 7.58. The van der Waals surface area contributed by atoms with Crippen LogP contribution in [0.1, 0.15) is 109 Å². The number of benzene rings is 1. The van der Waals surface area contributed by atoms with Crippen LogP contribution in [0, 0.1) is 11.3 Å². The lowest BCUT2D eigenvalue weighted by atomic mass is 10.0. The Kier molecular flexibility index (Phi) is 9.81. The molecule has 6 heteroatoms. The fourth-order valence-electron chi connectivity index (χ4n) is 4.69. The van der Waals surface area contributed by atoms with Crippen molar-refractivity contribution in [3.8, 4) is 17.6 Å². The zero-order chi connectivity index (χ0) is 23.6. The Bertz CT molecular complexity index is 1090. The third-order valence-electron chi connectivity index (χ3n) is 6.59. The first kappa shape index (κ1) is 25.3. The predicted octanol–water partition coefficient (Wildman–Crippen LogP) is 8.01.